The molecule has 0 aliphatic carbocycles. The number of nitro groups is 1. The van der Waals surface area contributed by atoms with Gasteiger partial charge in [-0.05, 0) is 45.7 Å². The van der Waals surface area contributed by atoms with Gasteiger partial charge >= 0.3 is 12.2 Å². The Morgan fingerprint density at radius 1 is 1.27 bits per heavy atom. The molecule has 1 heterocycles. The molecule has 2 rings (SSSR count). The van der Waals surface area contributed by atoms with Crippen molar-refractivity contribution in [3.63, 3.8) is 0 Å². The molecule has 1 atom stereocenters. The second-order valence-electron chi connectivity index (χ2n) is 7.05. The van der Waals surface area contributed by atoms with Crippen LogP contribution in [0.2, 0.25) is 0 Å². The number of nitrogens with one attached hydrogen (secondary N) is 1. The van der Waals surface area contributed by atoms with Crippen LogP contribution in [0.4, 0.5) is 15.3 Å². The van der Waals surface area contributed by atoms with E-state index < -0.39 is 22.7 Å². The number of benzene rings is 1. The Labute approximate surface area is 151 Å². The molecule has 9 nitrogen and oxygen atoms in total. The SMILES string of the molecule is CC(C)(C)OC(=O)N1CCCC(NC(=O)Oc2ccc([N+](=O)[O-])cc2)C1. The maximum absolute atomic E-state index is 12.1. The Morgan fingerprint density at radius 2 is 1.92 bits per heavy atom. The molecule has 1 aromatic carbocycles. The molecular formula is C17H23N3O6. The van der Waals surface area contributed by atoms with E-state index in [4.69, 9.17) is 9.47 Å². The van der Waals surface area contributed by atoms with E-state index in [0.717, 1.165) is 6.42 Å². The Balaban J connectivity index is 1.86. The molecule has 0 bridgehead atoms. The van der Waals surface area contributed by atoms with Crippen molar-refractivity contribution in [1.29, 1.82) is 0 Å². The van der Waals surface area contributed by atoms with Crippen molar-refractivity contribution in [2.24, 2.45) is 0 Å². The van der Waals surface area contributed by atoms with Gasteiger partial charge in [-0.3, -0.25) is 10.1 Å². The number of hydrogen-bond acceptors (Lipinski definition) is 6. The minimum atomic E-state index is -0.671. The van der Waals surface area contributed by atoms with Crippen LogP contribution in [0.25, 0.3) is 0 Å². The summed E-state index contributed by atoms with van der Waals surface area (Å²) in [5.41, 5.74) is -0.662. The lowest BCUT2D eigenvalue weighted by Crippen LogP contribution is -2.51. The minimum Gasteiger partial charge on any atom is -0.444 e. The third-order valence-corrected chi connectivity index (χ3v) is 3.65. The van der Waals surface area contributed by atoms with Gasteiger partial charge in [-0.25, -0.2) is 9.59 Å². The van der Waals surface area contributed by atoms with Crippen LogP contribution in [0.5, 0.6) is 5.75 Å². The molecule has 1 aliphatic rings. The summed E-state index contributed by atoms with van der Waals surface area (Å²) in [6, 6.07) is 4.97. The summed E-state index contributed by atoms with van der Waals surface area (Å²) >= 11 is 0. The zero-order valence-corrected chi connectivity index (χ0v) is 15.1. The fourth-order valence-electron chi connectivity index (χ4n) is 2.53. The highest BCUT2D eigenvalue weighted by Crippen LogP contribution is 2.18. The molecule has 2 amide bonds. The molecule has 0 radical (unpaired) electrons. The molecule has 1 aliphatic heterocycles. The monoisotopic (exact) mass is 365 g/mol. The van der Waals surface area contributed by atoms with Crippen molar-refractivity contribution in [3.8, 4) is 5.75 Å². The summed E-state index contributed by atoms with van der Waals surface area (Å²) < 4.78 is 10.5. The van der Waals surface area contributed by atoms with Crippen molar-refractivity contribution in [2.75, 3.05) is 13.1 Å². The molecular weight excluding hydrogens is 342 g/mol. The second kappa shape index (κ2) is 8.03. The highest BCUT2D eigenvalue weighted by Gasteiger charge is 2.28. The lowest BCUT2D eigenvalue weighted by Gasteiger charge is -2.34. The molecule has 26 heavy (non-hydrogen) atoms. The minimum absolute atomic E-state index is 0.0851. The number of nitrogens with zero attached hydrogens (tertiary/aromatic N) is 2. The van der Waals surface area contributed by atoms with E-state index in [1.807, 2.05) is 0 Å². The third-order valence-electron chi connectivity index (χ3n) is 3.65. The average Bonchev–Trinajstić information content (AvgIpc) is 2.54. The molecule has 1 fully saturated rings. The third kappa shape index (κ3) is 5.91. The molecule has 9 heteroatoms. The standard InChI is InChI=1S/C17H23N3O6/c1-17(2,3)26-16(22)19-10-4-5-12(11-19)18-15(21)25-14-8-6-13(7-9-14)20(23)24/h6-9,12H,4-5,10-11H2,1-3H3,(H,18,21). The summed E-state index contributed by atoms with van der Waals surface area (Å²) in [4.78, 5) is 35.8. The van der Waals surface area contributed by atoms with E-state index >= 15 is 0 Å². The smallest absolute Gasteiger partial charge is 0.412 e. The number of non-ortho nitro benzene ring substituents is 1. The maximum atomic E-state index is 12.1. The van der Waals surface area contributed by atoms with Crippen molar-refractivity contribution >= 4 is 17.9 Å². The van der Waals surface area contributed by atoms with Crippen LogP contribution in [0, 0.1) is 10.1 Å². The summed E-state index contributed by atoms with van der Waals surface area (Å²) in [7, 11) is 0. The molecule has 1 unspecified atom stereocenters. The predicted molar refractivity (Wildman–Crippen MR) is 93.1 cm³/mol. The number of carbonyl (C=O) groups excluding carboxylic acids is 2. The summed E-state index contributed by atoms with van der Waals surface area (Å²) in [5, 5.41) is 13.3. The van der Waals surface area contributed by atoms with Crippen molar-refractivity contribution < 1.29 is 24.0 Å². The van der Waals surface area contributed by atoms with Gasteiger partial charge in [0.1, 0.15) is 11.4 Å². The first-order valence-electron chi connectivity index (χ1n) is 8.35. The molecule has 1 aromatic rings. The van der Waals surface area contributed by atoms with Crippen LogP contribution in [0.1, 0.15) is 33.6 Å². The largest absolute Gasteiger partial charge is 0.444 e. The fraction of sp³-hybridized carbons (Fsp3) is 0.529. The van der Waals surface area contributed by atoms with Gasteiger partial charge < -0.3 is 19.7 Å². The number of amides is 2. The Morgan fingerprint density at radius 3 is 2.50 bits per heavy atom. The summed E-state index contributed by atoms with van der Waals surface area (Å²) in [5.74, 6) is 0.202. The van der Waals surface area contributed by atoms with Crippen molar-refractivity contribution in [1.82, 2.24) is 10.2 Å². The molecule has 1 saturated heterocycles. The molecule has 1 N–H and O–H groups in total. The van der Waals surface area contributed by atoms with Gasteiger partial charge in [0.25, 0.3) is 5.69 Å². The van der Waals surface area contributed by atoms with E-state index in [2.05, 4.69) is 5.32 Å². The van der Waals surface area contributed by atoms with Gasteiger partial charge in [-0.2, -0.15) is 0 Å². The second-order valence-corrected chi connectivity index (χ2v) is 7.05. The highest BCUT2D eigenvalue weighted by molar-refractivity contribution is 5.71. The maximum Gasteiger partial charge on any atom is 0.412 e. The van der Waals surface area contributed by atoms with Crippen LogP contribution in [-0.4, -0.2) is 46.7 Å². The van der Waals surface area contributed by atoms with E-state index in [-0.39, 0.29) is 17.5 Å². The number of carbonyl (C=O) groups is 2. The number of piperidine rings is 1. The number of ether oxygens (including phenoxy) is 2. The molecule has 0 saturated carbocycles. The first kappa shape index (κ1) is 19.5. The van der Waals surface area contributed by atoms with Crippen LogP contribution in [0.15, 0.2) is 24.3 Å². The van der Waals surface area contributed by atoms with Gasteiger partial charge in [-0.15, -0.1) is 0 Å². The fourth-order valence-corrected chi connectivity index (χ4v) is 2.53. The average molecular weight is 365 g/mol. The Bertz CT molecular complexity index is 668. The number of likely N-dealkylation sites (tertiary alicyclic amines) is 1. The highest BCUT2D eigenvalue weighted by atomic mass is 16.6. The first-order valence-corrected chi connectivity index (χ1v) is 8.35. The number of rotatable bonds is 3. The zero-order chi connectivity index (χ0) is 19.3. The number of hydrogen-bond donors (Lipinski definition) is 1. The van der Waals surface area contributed by atoms with E-state index in [1.54, 1.807) is 25.7 Å². The Hall–Kier alpha value is -2.84. The zero-order valence-electron chi connectivity index (χ0n) is 15.1. The van der Waals surface area contributed by atoms with E-state index in [9.17, 15) is 19.7 Å². The van der Waals surface area contributed by atoms with Crippen molar-refractivity contribution in [3.05, 3.63) is 34.4 Å². The normalized spacial score (nSPS) is 17.3. The molecule has 142 valence electrons. The first-order chi connectivity index (χ1) is 12.1. The van der Waals surface area contributed by atoms with Crippen molar-refractivity contribution in [2.45, 2.75) is 45.3 Å². The van der Waals surface area contributed by atoms with Crippen LogP contribution < -0.4 is 10.1 Å². The van der Waals surface area contributed by atoms with E-state index in [0.29, 0.717) is 19.5 Å². The van der Waals surface area contributed by atoms with Gasteiger partial charge in [0.15, 0.2) is 0 Å². The van der Waals surface area contributed by atoms with Crippen LogP contribution in [-0.2, 0) is 4.74 Å². The van der Waals surface area contributed by atoms with Gasteiger partial charge in [0, 0.05) is 31.3 Å². The van der Waals surface area contributed by atoms with E-state index in [1.165, 1.54) is 24.3 Å². The van der Waals surface area contributed by atoms with Gasteiger partial charge in [0.05, 0.1) is 4.92 Å². The van der Waals surface area contributed by atoms with Crippen LogP contribution >= 0.6 is 0 Å². The molecule has 0 aromatic heterocycles. The lowest BCUT2D eigenvalue weighted by molar-refractivity contribution is -0.384. The topological polar surface area (TPSA) is 111 Å². The number of nitro benzene ring substituents is 1. The lowest BCUT2D eigenvalue weighted by atomic mass is 10.1. The summed E-state index contributed by atoms with van der Waals surface area (Å²) in [6.07, 6.45) is 0.374. The van der Waals surface area contributed by atoms with Gasteiger partial charge in [-0.1, -0.05) is 0 Å². The Kier molecular flexibility index (Phi) is 6.01. The summed E-state index contributed by atoms with van der Waals surface area (Å²) in [6.45, 7) is 6.30. The molecule has 0 spiro atoms. The van der Waals surface area contributed by atoms with Crippen LogP contribution in [0.3, 0.4) is 0 Å². The quantitative estimate of drug-likeness (QED) is 0.651. The van der Waals surface area contributed by atoms with Gasteiger partial charge in [0.2, 0.25) is 0 Å². The predicted octanol–water partition coefficient (Wildman–Crippen LogP) is 3.08.